The molecule has 0 aliphatic heterocycles. The molecule has 0 radical (unpaired) electrons. The minimum Gasteiger partial charge on any atom is -0.271 e. The average Bonchev–Trinajstić information content (AvgIpc) is 2.02. The third-order valence-electron chi connectivity index (χ3n) is 1.41. The molecule has 4 nitrogen and oxygen atoms in total. The van der Waals surface area contributed by atoms with Crippen molar-refractivity contribution in [2.75, 3.05) is 11.3 Å². The van der Waals surface area contributed by atoms with Gasteiger partial charge in [0.05, 0.1) is 5.69 Å². The van der Waals surface area contributed by atoms with Gasteiger partial charge in [0.25, 0.3) is 10.2 Å². The van der Waals surface area contributed by atoms with Crippen LogP contribution in [0.5, 0.6) is 0 Å². The third kappa shape index (κ3) is 3.81. The first kappa shape index (κ1) is 11.7. The first-order chi connectivity index (χ1) is 6.53. The summed E-state index contributed by atoms with van der Waals surface area (Å²) in [6, 6.07) is 7.16. The third-order valence-corrected chi connectivity index (χ3v) is 3.26. The van der Waals surface area contributed by atoms with Crippen LogP contribution in [-0.4, -0.2) is 15.0 Å². The van der Waals surface area contributed by atoms with Gasteiger partial charge in [-0.15, -0.1) is 0 Å². The van der Waals surface area contributed by atoms with E-state index in [1.165, 1.54) is 0 Å². The van der Waals surface area contributed by atoms with Gasteiger partial charge in [-0.3, -0.25) is 4.72 Å². The van der Waals surface area contributed by atoms with Crippen LogP contribution in [0.1, 0.15) is 6.92 Å². The largest absolute Gasteiger partial charge is 0.299 e. The molecule has 0 bridgehead atoms. The molecule has 1 aromatic rings. The molecule has 0 aliphatic rings. The average molecular weight is 326 g/mol. The first-order valence-corrected chi connectivity index (χ1v) is 6.62. The SMILES string of the molecule is CCNS(=O)(=O)Nc1cccc(I)c1. The second-order valence-corrected chi connectivity index (χ2v) is 5.36. The lowest BCUT2D eigenvalue weighted by Gasteiger charge is -2.07. The van der Waals surface area contributed by atoms with Gasteiger partial charge in [0, 0.05) is 10.1 Å². The number of rotatable bonds is 4. The van der Waals surface area contributed by atoms with E-state index in [9.17, 15) is 8.42 Å². The van der Waals surface area contributed by atoms with Crippen LogP contribution in [0.4, 0.5) is 5.69 Å². The molecule has 0 heterocycles. The van der Waals surface area contributed by atoms with E-state index >= 15 is 0 Å². The predicted molar refractivity (Wildman–Crippen MR) is 65.4 cm³/mol. The molecule has 0 aliphatic carbocycles. The van der Waals surface area contributed by atoms with E-state index in [2.05, 4.69) is 32.0 Å². The van der Waals surface area contributed by atoms with Crippen LogP contribution in [-0.2, 0) is 10.2 Å². The van der Waals surface area contributed by atoms with Crippen molar-refractivity contribution < 1.29 is 8.42 Å². The molecule has 0 saturated heterocycles. The summed E-state index contributed by atoms with van der Waals surface area (Å²) in [5, 5.41) is 0. The molecule has 14 heavy (non-hydrogen) atoms. The number of benzene rings is 1. The summed E-state index contributed by atoms with van der Waals surface area (Å²) in [5.41, 5.74) is 0.567. The molecule has 78 valence electrons. The summed E-state index contributed by atoms with van der Waals surface area (Å²) >= 11 is 2.12. The van der Waals surface area contributed by atoms with Gasteiger partial charge in [0.15, 0.2) is 0 Å². The minimum absolute atomic E-state index is 0.374. The van der Waals surface area contributed by atoms with Crippen LogP contribution in [0.25, 0.3) is 0 Å². The lowest BCUT2D eigenvalue weighted by atomic mass is 10.3. The van der Waals surface area contributed by atoms with Crippen LogP contribution in [0.2, 0.25) is 0 Å². The Kier molecular flexibility index (Phi) is 4.14. The summed E-state index contributed by atoms with van der Waals surface area (Å²) < 4.78 is 28.3. The summed E-state index contributed by atoms with van der Waals surface area (Å²) in [5.74, 6) is 0. The predicted octanol–water partition coefficient (Wildman–Crippen LogP) is 1.56. The van der Waals surface area contributed by atoms with Crippen LogP contribution in [0.15, 0.2) is 24.3 Å². The number of nitrogens with one attached hydrogen (secondary N) is 2. The van der Waals surface area contributed by atoms with Gasteiger partial charge < -0.3 is 0 Å². The van der Waals surface area contributed by atoms with Crippen molar-refractivity contribution in [3.05, 3.63) is 27.8 Å². The highest BCUT2D eigenvalue weighted by atomic mass is 127. The highest BCUT2D eigenvalue weighted by molar-refractivity contribution is 14.1. The molecule has 1 rings (SSSR count). The Bertz CT molecular complexity index is 406. The molecule has 0 spiro atoms. The molecule has 6 heteroatoms. The molecular formula is C8H11IN2O2S. The first-order valence-electron chi connectivity index (χ1n) is 4.06. The van der Waals surface area contributed by atoms with E-state index in [1.807, 2.05) is 6.07 Å². The topological polar surface area (TPSA) is 58.2 Å². The smallest absolute Gasteiger partial charge is 0.271 e. The second-order valence-electron chi connectivity index (χ2n) is 2.61. The Morgan fingerprint density at radius 1 is 1.43 bits per heavy atom. The number of hydrogen-bond donors (Lipinski definition) is 2. The van der Waals surface area contributed by atoms with Crippen molar-refractivity contribution in [1.29, 1.82) is 0 Å². The molecule has 1 aromatic carbocycles. The fourth-order valence-corrected chi connectivity index (χ4v) is 2.37. The van der Waals surface area contributed by atoms with Gasteiger partial charge in [-0.05, 0) is 40.8 Å². The lowest BCUT2D eigenvalue weighted by molar-refractivity contribution is 0.589. The molecule has 0 aromatic heterocycles. The minimum atomic E-state index is -3.40. The zero-order chi connectivity index (χ0) is 10.6. The van der Waals surface area contributed by atoms with Crippen LogP contribution >= 0.6 is 22.6 Å². The van der Waals surface area contributed by atoms with Gasteiger partial charge in [0.1, 0.15) is 0 Å². The van der Waals surface area contributed by atoms with Crippen molar-refractivity contribution in [3.63, 3.8) is 0 Å². The Balaban J connectivity index is 2.79. The van der Waals surface area contributed by atoms with Crippen LogP contribution in [0, 0.1) is 3.57 Å². The summed E-state index contributed by atoms with van der Waals surface area (Å²) in [4.78, 5) is 0. The van der Waals surface area contributed by atoms with Gasteiger partial charge in [-0.25, -0.2) is 0 Å². The quantitative estimate of drug-likeness (QED) is 0.825. The summed E-state index contributed by atoms with van der Waals surface area (Å²) in [7, 11) is -3.40. The van der Waals surface area contributed by atoms with Gasteiger partial charge in [-0.1, -0.05) is 13.0 Å². The Labute approximate surface area is 97.4 Å². The normalized spacial score (nSPS) is 11.3. The monoisotopic (exact) mass is 326 g/mol. The molecular weight excluding hydrogens is 315 g/mol. The summed E-state index contributed by atoms with van der Waals surface area (Å²) in [6.07, 6.45) is 0. The van der Waals surface area contributed by atoms with Crippen molar-refractivity contribution in [2.45, 2.75) is 6.92 Å². The number of halogens is 1. The Morgan fingerprint density at radius 2 is 2.14 bits per heavy atom. The van der Waals surface area contributed by atoms with Crippen LogP contribution < -0.4 is 9.44 Å². The van der Waals surface area contributed by atoms with E-state index in [4.69, 9.17) is 0 Å². The van der Waals surface area contributed by atoms with Gasteiger partial charge >= 0.3 is 0 Å². The zero-order valence-corrected chi connectivity index (χ0v) is 10.6. The van der Waals surface area contributed by atoms with E-state index in [0.717, 1.165) is 3.57 Å². The lowest BCUT2D eigenvalue weighted by Crippen LogP contribution is -2.29. The van der Waals surface area contributed by atoms with Crippen LogP contribution in [0.3, 0.4) is 0 Å². The molecule has 2 N–H and O–H groups in total. The molecule has 0 unspecified atom stereocenters. The molecule has 0 fully saturated rings. The fourth-order valence-electron chi connectivity index (χ4n) is 0.933. The second kappa shape index (κ2) is 4.94. The number of anilines is 1. The molecule has 0 atom stereocenters. The number of hydrogen-bond acceptors (Lipinski definition) is 2. The Morgan fingerprint density at radius 3 is 2.71 bits per heavy atom. The van der Waals surface area contributed by atoms with Gasteiger partial charge in [0.2, 0.25) is 0 Å². The van der Waals surface area contributed by atoms with Gasteiger partial charge in [-0.2, -0.15) is 13.1 Å². The molecule has 0 saturated carbocycles. The zero-order valence-electron chi connectivity index (χ0n) is 7.62. The maximum Gasteiger partial charge on any atom is 0.299 e. The van der Waals surface area contributed by atoms with E-state index in [1.54, 1.807) is 25.1 Å². The maximum atomic E-state index is 11.3. The summed E-state index contributed by atoms with van der Waals surface area (Å²) in [6.45, 7) is 2.10. The highest BCUT2D eigenvalue weighted by Gasteiger charge is 2.06. The van der Waals surface area contributed by atoms with E-state index in [-0.39, 0.29) is 0 Å². The molecule has 0 amide bonds. The highest BCUT2D eigenvalue weighted by Crippen LogP contribution is 2.13. The van der Waals surface area contributed by atoms with Crippen molar-refractivity contribution in [1.82, 2.24) is 4.72 Å². The standard InChI is InChI=1S/C8H11IN2O2S/c1-2-10-14(12,13)11-8-5-3-4-7(9)6-8/h3-6,10-11H,2H2,1H3. The Hall–Kier alpha value is -0.340. The maximum absolute atomic E-state index is 11.3. The van der Waals surface area contributed by atoms with Crippen molar-refractivity contribution in [2.24, 2.45) is 0 Å². The van der Waals surface area contributed by atoms with Crippen molar-refractivity contribution in [3.8, 4) is 0 Å². The fraction of sp³-hybridized carbons (Fsp3) is 0.250. The van der Waals surface area contributed by atoms with E-state index < -0.39 is 10.2 Å². The van der Waals surface area contributed by atoms with E-state index in [0.29, 0.717) is 12.2 Å². The van der Waals surface area contributed by atoms with Crippen molar-refractivity contribution >= 4 is 38.5 Å².